The standard InChI is InChI=1S/C19H21N3O3S/c1-22-6-5-18-13-9-3-4-10(24-2)15(13)25-16(18)14-11(26-17(20)21-14)8-19(18,23)12(22)7-9/h3-4,12,16,23H,5-8H2,1-2H3,(H2,20,21)/t12-,16-,18-,19+/m0/s1. The van der Waals surface area contributed by atoms with E-state index in [9.17, 15) is 5.11 Å². The molecule has 26 heavy (non-hydrogen) atoms. The van der Waals surface area contributed by atoms with Crippen molar-refractivity contribution in [2.45, 2.75) is 42.4 Å². The first-order chi connectivity index (χ1) is 12.5. The molecule has 1 fully saturated rings. The van der Waals surface area contributed by atoms with Gasteiger partial charge in [-0.1, -0.05) is 6.07 Å². The van der Waals surface area contributed by atoms with Gasteiger partial charge in [0, 0.05) is 22.9 Å². The maximum Gasteiger partial charge on any atom is 0.180 e. The van der Waals surface area contributed by atoms with Crippen molar-refractivity contribution in [2.24, 2.45) is 0 Å². The Morgan fingerprint density at radius 3 is 3.12 bits per heavy atom. The van der Waals surface area contributed by atoms with E-state index in [-0.39, 0.29) is 12.1 Å². The Hall–Kier alpha value is -1.83. The van der Waals surface area contributed by atoms with Gasteiger partial charge < -0.3 is 25.2 Å². The van der Waals surface area contributed by atoms with Crippen molar-refractivity contribution in [2.75, 3.05) is 26.4 Å². The molecule has 3 heterocycles. The SMILES string of the molecule is COc1ccc2c3c1O[C@H]1c4nc(N)sc4C[C@@]4(O)[C@H](C2)N(C)CC[C@]314. The van der Waals surface area contributed by atoms with E-state index in [2.05, 4.69) is 23.0 Å². The largest absolute Gasteiger partial charge is 0.493 e. The zero-order chi connectivity index (χ0) is 17.8. The van der Waals surface area contributed by atoms with E-state index in [0.717, 1.165) is 47.0 Å². The molecular formula is C19H21N3O3S. The number of likely N-dealkylation sites (tertiary alicyclic amines) is 1. The number of ether oxygens (including phenoxy) is 2. The Morgan fingerprint density at radius 1 is 1.46 bits per heavy atom. The predicted molar refractivity (Wildman–Crippen MR) is 98.0 cm³/mol. The molecule has 6 nitrogen and oxygen atoms in total. The summed E-state index contributed by atoms with van der Waals surface area (Å²) in [5.74, 6) is 1.52. The molecule has 1 aromatic heterocycles. The van der Waals surface area contributed by atoms with Gasteiger partial charge in [-0.15, -0.1) is 11.3 Å². The summed E-state index contributed by atoms with van der Waals surface area (Å²) in [6.45, 7) is 0.928. The van der Waals surface area contributed by atoms with Crippen LogP contribution in [-0.4, -0.2) is 47.3 Å². The van der Waals surface area contributed by atoms with Crippen LogP contribution >= 0.6 is 11.3 Å². The van der Waals surface area contributed by atoms with Crippen molar-refractivity contribution in [3.63, 3.8) is 0 Å². The highest BCUT2D eigenvalue weighted by Gasteiger charge is 2.72. The van der Waals surface area contributed by atoms with Crippen LogP contribution < -0.4 is 15.2 Å². The third-order valence-electron chi connectivity index (χ3n) is 7.11. The summed E-state index contributed by atoms with van der Waals surface area (Å²) >= 11 is 1.48. The van der Waals surface area contributed by atoms with Crippen LogP contribution in [0.2, 0.25) is 0 Å². The number of hydrogen-bond acceptors (Lipinski definition) is 7. The minimum atomic E-state index is -0.888. The lowest BCUT2D eigenvalue weighted by molar-refractivity contribution is -0.167. The normalized spacial score (nSPS) is 36.3. The Labute approximate surface area is 155 Å². The molecule has 7 heteroatoms. The zero-order valence-corrected chi connectivity index (χ0v) is 15.6. The molecule has 2 aliphatic heterocycles. The first kappa shape index (κ1) is 15.2. The molecule has 2 aliphatic carbocycles. The summed E-state index contributed by atoms with van der Waals surface area (Å²) in [7, 11) is 3.78. The number of fused-ring (bicyclic) bond motifs is 2. The van der Waals surface area contributed by atoms with Gasteiger partial charge >= 0.3 is 0 Å². The number of aliphatic hydroxyl groups is 1. The molecule has 6 rings (SSSR count). The molecule has 4 atom stereocenters. The fraction of sp³-hybridized carbons (Fsp3) is 0.526. The van der Waals surface area contributed by atoms with Crippen LogP contribution in [0.15, 0.2) is 12.1 Å². The van der Waals surface area contributed by atoms with Crippen molar-refractivity contribution in [3.05, 3.63) is 33.8 Å². The molecule has 0 unspecified atom stereocenters. The molecule has 4 aliphatic rings. The van der Waals surface area contributed by atoms with E-state index in [1.165, 1.54) is 16.9 Å². The molecule has 0 radical (unpaired) electrons. The highest BCUT2D eigenvalue weighted by molar-refractivity contribution is 7.15. The van der Waals surface area contributed by atoms with E-state index in [1.807, 2.05) is 6.07 Å². The number of nitrogens with two attached hydrogens (primary N) is 1. The Kier molecular flexibility index (Phi) is 2.65. The first-order valence-electron chi connectivity index (χ1n) is 9.04. The second-order valence-electron chi connectivity index (χ2n) is 8.01. The van der Waals surface area contributed by atoms with Crippen LogP contribution in [-0.2, 0) is 18.3 Å². The fourth-order valence-electron chi connectivity index (χ4n) is 6.03. The van der Waals surface area contributed by atoms with Crippen molar-refractivity contribution in [1.82, 2.24) is 9.88 Å². The van der Waals surface area contributed by atoms with Crippen LogP contribution in [0.1, 0.15) is 34.2 Å². The summed E-state index contributed by atoms with van der Waals surface area (Å²) < 4.78 is 12.1. The molecule has 0 saturated carbocycles. The lowest BCUT2D eigenvalue weighted by Crippen LogP contribution is -2.73. The van der Waals surface area contributed by atoms with Crippen molar-refractivity contribution in [1.29, 1.82) is 0 Å². The number of hydrogen-bond donors (Lipinski definition) is 2. The molecule has 2 aromatic rings. The zero-order valence-electron chi connectivity index (χ0n) is 14.8. The van der Waals surface area contributed by atoms with Crippen molar-refractivity contribution < 1.29 is 14.6 Å². The van der Waals surface area contributed by atoms with Gasteiger partial charge in [0.1, 0.15) is 0 Å². The number of anilines is 1. The first-order valence-corrected chi connectivity index (χ1v) is 9.86. The Morgan fingerprint density at radius 2 is 2.31 bits per heavy atom. The van der Waals surface area contributed by atoms with E-state index < -0.39 is 11.0 Å². The highest BCUT2D eigenvalue weighted by Crippen LogP contribution is 2.68. The smallest absolute Gasteiger partial charge is 0.180 e. The molecule has 1 aromatic carbocycles. The molecule has 0 amide bonds. The van der Waals surface area contributed by atoms with Gasteiger partial charge in [0.25, 0.3) is 0 Å². The summed E-state index contributed by atoms with van der Waals surface area (Å²) in [6.07, 6.45) is 1.94. The number of likely N-dealkylation sites (N-methyl/N-ethyl adjacent to an activating group) is 1. The summed E-state index contributed by atoms with van der Waals surface area (Å²) in [6, 6.07) is 4.19. The van der Waals surface area contributed by atoms with Crippen LogP contribution in [0, 0.1) is 0 Å². The number of thiazole rings is 1. The number of nitrogens with zero attached hydrogens (tertiary/aromatic N) is 2. The number of rotatable bonds is 1. The van der Waals surface area contributed by atoms with E-state index in [0.29, 0.717) is 11.6 Å². The lowest BCUT2D eigenvalue weighted by Gasteiger charge is -2.61. The minimum absolute atomic E-state index is 0.0608. The van der Waals surface area contributed by atoms with Crippen LogP contribution in [0.3, 0.4) is 0 Å². The molecule has 3 N–H and O–H groups in total. The predicted octanol–water partition coefficient (Wildman–Crippen LogP) is 1.65. The maximum atomic E-state index is 12.2. The number of piperidine rings is 1. The second kappa shape index (κ2) is 4.52. The van der Waals surface area contributed by atoms with Gasteiger partial charge in [0.15, 0.2) is 22.7 Å². The summed E-state index contributed by atoms with van der Waals surface area (Å²) in [5.41, 5.74) is 7.99. The van der Waals surface area contributed by atoms with Gasteiger partial charge in [0.05, 0.1) is 23.8 Å². The molecule has 1 saturated heterocycles. The van der Waals surface area contributed by atoms with Crippen molar-refractivity contribution in [3.8, 4) is 11.5 Å². The van der Waals surface area contributed by atoms with Crippen LogP contribution in [0.5, 0.6) is 11.5 Å². The molecule has 2 bridgehead atoms. The summed E-state index contributed by atoms with van der Waals surface area (Å²) in [4.78, 5) is 7.98. The number of nitrogen functional groups attached to an aromatic ring is 1. The highest BCUT2D eigenvalue weighted by atomic mass is 32.1. The Bertz CT molecular complexity index is 960. The van der Waals surface area contributed by atoms with Gasteiger partial charge in [-0.2, -0.15) is 0 Å². The Balaban J connectivity index is 1.72. The van der Waals surface area contributed by atoms with Crippen molar-refractivity contribution >= 4 is 16.5 Å². The van der Waals surface area contributed by atoms with Gasteiger partial charge in [-0.05, 0) is 38.1 Å². The number of aromatic nitrogens is 1. The number of benzene rings is 1. The quantitative estimate of drug-likeness (QED) is 0.793. The minimum Gasteiger partial charge on any atom is -0.493 e. The second-order valence-corrected chi connectivity index (χ2v) is 9.13. The topological polar surface area (TPSA) is 80.8 Å². The summed E-state index contributed by atoms with van der Waals surface area (Å²) in [5, 5.41) is 12.7. The van der Waals surface area contributed by atoms with Crippen LogP contribution in [0.25, 0.3) is 0 Å². The molecule has 136 valence electrons. The van der Waals surface area contributed by atoms with E-state index in [4.69, 9.17) is 15.2 Å². The number of methoxy groups -OCH3 is 1. The average molecular weight is 371 g/mol. The van der Waals surface area contributed by atoms with E-state index in [1.54, 1.807) is 7.11 Å². The van der Waals surface area contributed by atoms with E-state index >= 15 is 0 Å². The third-order valence-corrected chi connectivity index (χ3v) is 8.01. The monoisotopic (exact) mass is 371 g/mol. The molecule has 1 spiro atoms. The lowest BCUT2D eigenvalue weighted by atomic mass is 9.50. The average Bonchev–Trinajstić information content (AvgIpc) is 3.14. The molecular weight excluding hydrogens is 350 g/mol. The fourth-order valence-corrected chi connectivity index (χ4v) is 6.98. The van der Waals surface area contributed by atoms with Gasteiger partial charge in [-0.25, -0.2) is 4.98 Å². The van der Waals surface area contributed by atoms with Crippen LogP contribution in [0.4, 0.5) is 5.13 Å². The maximum absolute atomic E-state index is 12.2. The van der Waals surface area contributed by atoms with Gasteiger partial charge in [0.2, 0.25) is 0 Å². The van der Waals surface area contributed by atoms with Gasteiger partial charge in [-0.3, -0.25) is 0 Å². The third kappa shape index (κ3) is 1.44.